The summed E-state index contributed by atoms with van der Waals surface area (Å²) in [5, 5.41) is 10.9. The fraction of sp³-hybridized carbons (Fsp3) is 0.0588. The molecule has 0 fully saturated rings. The summed E-state index contributed by atoms with van der Waals surface area (Å²) in [6.45, 7) is 0. The van der Waals surface area contributed by atoms with Crippen molar-refractivity contribution in [2.75, 3.05) is 0 Å². The Kier molecular flexibility index (Phi) is 4.11. The smallest absolute Gasteiger partial charge is 0.353 e. The standard InChI is InChI=1S/C17H11Cl2NO3/c18-10-3-1-9(2-4-10)7-14(21)15-12-6-5-11(19)8-13(12)20-16(15)17(22)23/h1-6,8,20H,7H2,(H,22,23). The molecule has 0 aliphatic rings. The Hall–Kier alpha value is -2.30. The molecule has 1 heterocycles. The maximum absolute atomic E-state index is 12.6. The number of fused-ring (bicyclic) bond motifs is 1. The number of aromatic carboxylic acids is 1. The van der Waals surface area contributed by atoms with Gasteiger partial charge >= 0.3 is 5.97 Å². The average molecular weight is 348 g/mol. The molecule has 0 unspecified atom stereocenters. The highest BCUT2D eigenvalue weighted by atomic mass is 35.5. The number of hydrogen-bond acceptors (Lipinski definition) is 2. The molecule has 0 aliphatic carbocycles. The quantitative estimate of drug-likeness (QED) is 0.677. The van der Waals surface area contributed by atoms with Crippen molar-refractivity contribution in [2.45, 2.75) is 6.42 Å². The van der Waals surface area contributed by atoms with Gasteiger partial charge in [-0.25, -0.2) is 4.79 Å². The van der Waals surface area contributed by atoms with Gasteiger partial charge in [-0.2, -0.15) is 0 Å². The number of benzene rings is 2. The van der Waals surface area contributed by atoms with E-state index in [9.17, 15) is 14.7 Å². The lowest BCUT2D eigenvalue weighted by Crippen LogP contribution is -2.09. The maximum Gasteiger partial charge on any atom is 0.353 e. The van der Waals surface area contributed by atoms with Crippen LogP contribution in [-0.2, 0) is 6.42 Å². The molecule has 6 heteroatoms. The summed E-state index contributed by atoms with van der Waals surface area (Å²) < 4.78 is 0. The van der Waals surface area contributed by atoms with E-state index >= 15 is 0 Å². The Bertz CT molecular complexity index is 913. The van der Waals surface area contributed by atoms with Crippen molar-refractivity contribution in [3.8, 4) is 0 Å². The molecule has 1 aromatic heterocycles. The second-order valence-electron chi connectivity index (χ2n) is 5.10. The normalized spacial score (nSPS) is 10.9. The van der Waals surface area contributed by atoms with Crippen molar-refractivity contribution in [1.82, 2.24) is 4.98 Å². The van der Waals surface area contributed by atoms with Crippen molar-refractivity contribution >= 4 is 45.9 Å². The van der Waals surface area contributed by atoms with E-state index in [4.69, 9.17) is 23.2 Å². The highest BCUT2D eigenvalue weighted by molar-refractivity contribution is 6.31. The van der Waals surface area contributed by atoms with E-state index in [1.165, 1.54) is 0 Å². The molecule has 0 amide bonds. The lowest BCUT2D eigenvalue weighted by atomic mass is 10.00. The molecule has 3 rings (SSSR count). The molecule has 0 aliphatic heterocycles. The number of aromatic nitrogens is 1. The minimum atomic E-state index is -1.18. The van der Waals surface area contributed by atoms with Gasteiger partial charge in [0.1, 0.15) is 5.69 Å². The first-order valence-electron chi connectivity index (χ1n) is 6.78. The predicted molar refractivity (Wildman–Crippen MR) is 89.8 cm³/mol. The zero-order chi connectivity index (χ0) is 16.6. The number of H-pyrrole nitrogens is 1. The van der Waals surface area contributed by atoms with Crippen LogP contribution in [0.4, 0.5) is 0 Å². The number of halogens is 2. The van der Waals surface area contributed by atoms with Crippen molar-refractivity contribution in [2.24, 2.45) is 0 Å². The molecular weight excluding hydrogens is 337 g/mol. The summed E-state index contributed by atoms with van der Waals surface area (Å²) in [5.74, 6) is -1.46. The average Bonchev–Trinajstić information content (AvgIpc) is 2.88. The van der Waals surface area contributed by atoms with Gasteiger partial charge < -0.3 is 10.1 Å². The highest BCUT2D eigenvalue weighted by Gasteiger charge is 2.23. The Balaban J connectivity index is 2.06. The Morgan fingerprint density at radius 3 is 2.30 bits per heavy atom. The maximum atomic E-state index is 12.6. The number of rotatable bonds is 4. The molecule has 2 N–H and O–H groups in total. The second-order valence-corrected chi connectivity index (χ2v) is 5.97. The van der Waals surface area contributed by atoms with Gasteiger partial charge in [-0.05, 0) is 29.8 Å². The van der Waals surface area contributed by atoms with Gasteiger partial charge in [-0.15, -0.1) is 0 Å². The molecule has 4 nitrogen and oxygen atoms in total. The number of Topliss-reactive ketones (excluding diaryl/α,β-unsaturated/α-hetero) is 1. The summed E-state index contributed by atoms with van der Waals surface area (Å²) in [7, 11) is 0. The van der Waals surface area contributed by atoms with Crippen LogP contribution in [0, 0.1) is 0 Å². The number of hydrogen-bond donors (Lipinski definition) is 2. The lowest BCUT2D eigenvalue weighted by Gasteiger charge is -2.03. The fourth-order valence-electron chi connectivity index (χ4n) is 2.50. The lowest BCUT2D eigenvalue weighted by molar-refractivity contribution is 0.0686. The largest absolute Gasteiger partial charge is 0.477 e. The van der Waals surface area contributed by atoms with E-state index in [2.05, 4.69) is 4.98 Å². The third-order valence-electron chi connectivity index (χ3n) is 3.53. The zero-order valence-electron chi connectivity index (χ0n) is 11.8. The van der Waals surface area contributed by atoms with Gasteiger partial charge in [0.15, 0.2) is 5.78 Å². The molecule has 0 saturated carbocycles. The number of aromatic amines is 1. The molecule has 0 radical (unpaired) electrons. The van der Waals surface area contributed by atoms with Gasteiger partial charge in [-0.3, -0.25) is 4.79 Å². The van der Waals surface area contributed by atoms with Crippen LogP contribution in [-0.4, -0.2) is 21.8 Å². The number of carbonyl (C=O) groups is 2. The van der Waals surface area contributed by atoms with Gasteiger partial charge in [0.25, 0.3) is 0 Å². The van der Waals surface area contributed by atoms with Gasteiger partial charge in [-0.1, -0.05) is 41.4 Å². The van der Waals surface area contributed by atoms with Crippen LogP contribution < -0.4 is 0 Å². The summed E-state index contributed by atoms with van der Waals surface area (Å²) >= 11 is 11.7. The van der Waals surface area contributed by atoms with Crippen molar-refractivity contribution in [1.29, 1.82) is 0 Å². The van der Waals surface area contributed by atoms with Crippen LogP contribution in [0.1, 0.15) is 26.4 Å². The van der Waals surface area contributed by atoms with Crippen molar-refractivity contribution in [3.05, 3.63) is 69.3 Å². The Labute approximate surface area is 141 Å². The Morgan fingerprint density at radius 2 is 1.65 bits per heavy atom. The molecule has 116 valence electrons. The second kappa shape index (κ2) is 6.07. The monoisotopic (exact) mass is 347 g/mol. The molecule has 3 aromatic rings. The van der Waals surface area contributed by atoms with E-state index in [-0.39, 0.29) is 23.5 Å². The summed E-state index contributed by atoms with van der Waals surface area (Å²) in [5.41, 5.74) is 1.33. The topological polar surface area (TPSA) is 70.2 Å². The van der Waals surface area contributed by atoms with E-state index in [1.54, 1.807) is 42.5 Å². The van der Waals surface area contributed by atoms with Gasteiger partial charge in [0.2, 0.25) is 0 Å². The third kappa shape index (κ3) is 3.09. The van der Waals surface area contributed by atoms with Crippen LogP contribution in [0.3, 0.4) is 0 Å². The molecule has 23 heavy (non-hydrogen) atoms. The first-order chi connectivity index (χ1) is 11.0. The number of nitrogens with one attached hydrogen (secondary N) is 1. The minimum absolute atomic E-state index is 0.0903. The molecule has 0 bridgehead atoms. The van der Waals surface area contributed by atoms with E-state index in [0.29, 0.717) is 20.9 Å². The van der Waals surface area contributed by atoms with Crippen LogP contribution >= 0.6 is 23.2 Å². The minimum Gasteiger partial charge on any atom is -0.477 e. The summed E-state index contributed by atoms with van der Waals surface area (Å²) in [4.78, 5) is 26.8. The SMILES string of the molecule is O=C(O)c1[nH]c2cc(Cl)ccc2c1C(=O)Cc1ccc(Cl)cc1. The zero-order valence-corrected chi connectivity index (χ0v) is 13.3. The first-order valence-corrected chi connectivity index (χ1v) is 7.53. The van der Waals surface area contributed by atoms with Crippen LogP contribution in [0.25, 0.3) is 10.9 Å². The molecular formula is C17H11Cl2NO3. The molecule has 0 spiro atoms. The van der Waals surface area contributed by atoms with Crippen molar-refractivity contribution in [3.63, 3.8) is 0 Å². The van der Waals surface area contributed by atoms with E-state index in [0.717, 1.165) is 5.56 Å². The summed E-state index contributed by atoms with van der Waals surface area (Å²) in [6, 6.07) is 11.7. The molecule has 0 atom stereocenters. The van der Waals surface area contributed by atoms with Gasteiger partial charge in [0, 0.05) is 27.4 Å². The molecule has 0 saturated heterocycles. The van der Waals surface area contributed by atoms with Crippen LogP contribution in [0.5, 0.6) is 0 Å². The number of carboxylic acid groups (broad SMARTS) is 1. The van der Waals surface area contributed by atoms with E-state index in [1.807, 2.05) is 0 Å². The highest BCUT2D eigenvalue weighted by Crippen LogP contribution is 2.27. The van der Waals surface area contributed by atoms with Gasteiger partial charge in [0.05, 0.1) is 5.56 Å². The number of ketones is 1. The third-order valence-corrected chi connectivity index (χ3v) is 4.02. The van der Waals surface area contributed by atoms with Crippen LogP contribution in [0.2, 0.25) is 10.0 Å². The van der Waals surface area contributed by atoms with E-state index < -0.39 is 5.97 Å². The fourth-order valence-corrected chi connectivity index (χ4v) is 2.79. The molecule has 2 aromatic carbocycles. The first kappa shape index (κ1) is 15.6. The summed E-state index contributed by atoms with van der Waals surface area (Å²) in [6.07, 6.45) is 0.0903. The predicted octanol–water partition coefficient (Wildman–Crippen LogP) is 4.60. The van der Waals surface area contributed by atoms with Crippen LogP contribution in [0.15, 0.2) is 42.5 Å². The Morgan fingerprint density at radius 1 is 1.00 bits per heavy atom. The number of carboxylic acids is 1. The number of carbonyl (C=O) groups excluding carboxylic acids is 1. The van der Waals surface area contributed by atoms with Crippen molar-refractivity contribution < 1.29 is 14.7 Å².